The third-order valence-corrected chi connectivity index (χ3v) is 4.53. The fourth-order valence-electron chi connectivity index (χ4n) is 2.82. The highest BCUT2D eigenvalue weighted by Gasteiger charge is 2.36. The molecule has 0 unspecified atom stereocenters. The van der Waals surface area contributed by atoms with Crippen LogP contribution in [0, 0.1) is 0 Å². The Morgan fingerprint density at radius 2 is 2.08 bits per heavy atom. The van der Waals surface area contributed by atoms with Crippen LogP contribution >= 0.6 is 11.6 Å². The summed E-state index contributed by atoms with van der Waals surface area (Å²) in [7, 11) is 0. The van der Waals surface area contributed by atoms with Gasteiger partial charge >= 0.3 is 0 Å². The molecule has 5 nitrogen and oxygen atoms in total. The molecule has 0 bridgehead atoms. The van der Waals surface area contributed by atoms with Crippen molar-refractivity contribution in [2.75, 3.05) is 5.32 Å². The molecule has 1 aliphatic rings. The molecule has 1 fully saturated rings. The molecule has 0 spiro atoms. The number of ether oxygens (including phenoxy) is 1. The zero-order chi connectivity index (χ0) is 17.0. The zero-order valence-electron chi connectivity index (χ0n) is 13.3. The average molecular weight is 346 g/mol. The van der Waals surface area contributed by atoms with Crippen LogP contribution in [0.2, 0.25) is 5.02 Å². The molecule has 1 aromatic heterocycles. The van der Waals surface area contributed by atoms with Crippen molar-refractivity contribution in [1.29, 1.82) is 0 Å². The summed E-state index contributed by atoms with van der Waals surface area (Å²) in [5.41, 5.74) is 6.82. The van der Waals surface area contributed by atoms with Crippen LogP contribution in [0.3, 0.4) is 0 Å². The van der Waals surface area contributed by atoms with Crippen LogP contribution in [-0.2, 0) is 11.4 Å². The number of nitrogens with two attached hydrogens (primary N) is 1. The lowest BCUT2D eigenvalue weighted by atomic mass is 9.98. The predicted octanol–water partition coefficient (Wildman–Crippen LogP) is 3.52. The third-order valence-electron chi connectivity index (χ3n) is 4.24. The Kier molecular flexibility index (Phi) is 5.02. The Bertz CT molecular complexity index is 715. The van der Waals surface area contributed by atoms with E-state index in [1.54, 1.807) is 24.4 Å². The molecule has 1 saturated carbocycles. The van der Waals surface area contributed by atoms with Gasteiger partial charge in [-0.2, -0.15) is 0 Å². The van der Waals surface area contributed by atoms with Gasteiger partial charge in [0.15, 0.2) is 0 Å². The van der Waals surface area contributed by atoms with E-state index in [0.717, 1.165) is 31.4 Å². The van der Waals surface area contributed by atoms with Crippen LogP contribution in [0.15, 0.2) is 42.6 Å². The van der Waals surface area contributed by atoms with Crippen LogP contribution < -0.4 is 15.8 Å². The van der Waals surface area contributed by atoms with Gasteiger partial charge in [0.05, 0.1) is 16.3 Å². The number of pyridine rings is 1. The quantitative estimate of drug-likeness (QED) is 0.869. The minimum atomic E-state index is -0.763. The number of hydrogen-bond acceptors (Lipinski definition) is 4. The largest absolute Gasteiger partial charge is 0.486 e. The van der Waals surface area contributed by atoms with E-state index < -0.39 is 5.54 Å². The van der Waals surface area contributed by atoms with Gasteiger partial charge in [0.25, 0.3) is 0 Å². The fourth-order valence-corrected chi connectivity index (χ4v) is 3.05. The molecule has 126 valence electrons. The second-order valence-corrected chi connectivity index (χ2v) is 6.48. The van der Waals surface area contributed by atoms with E-state index in [-0.39, 0.29) is 5.91 Å². The van der Waals surface area contributed by atoms with Crippen molar-refractivity contribution in [3.63, 3.8) is 0 Å². The second-order valence-electron chi connectivity index (χ2n) is 6.07. The van der Waals surface area contributed by atoms with Crippen LogP contribution in [0.5, 0.6) is 5.75 Å². The van der Waals surface area contributed by atoms with Crippen LogP contribution in [0.4, 0.5) is 5.69 Å². The highest BCUT2D eigenvalue weighted by atomic mass is 35.5. The molecule has 0 saturated heterocycles. The van der Waals surface area contributed by atoms with Crippen molar-refractivity contribution >= 4 is 23.2 Å². The number of benzene rings is 1. The molecule has 1 amide bonds. The lowest BCUT2D eigenvalue weighted by Crippen LogP contribution is -2.48. The van der Waals surface area contributed by atoms with Gasteiger partial charge in [-0.1, -0.05) is 30.5 Å². The number of rotatable bonds is 5. The molecule has 3 N–H and O–H groups in total. The molecular weight excluding hydrogens is 326 g/mol. The number of nitrogens with zero attached hydrogens (tertiary/aromatic N) is 1. The lowest BCUT2D eigenvalue weighted by molar-refractivity contribution is -0.121. The standard InChI is InChI=1S/C18H20ClN3O2/c19-15-11-13(22-17(23)18(20)8-2-3-9-18)6-7-16(15)24-12-14-5-1-4-10-21-14/h1,4-7,10-11H,2-3,8-9,12,20H2,(H,22,23). The Morgan fingerprint density at radius 1 is 1.29 bits per heavy atom. The highest BCUT2D eigenvalue weighted by Crippen LogP contribution is 2.31. The van der Waals surface area contributed by atoms with Crippen LogP contribution in [-0.4, -0.2) is 16.4 Å². The molecular formula is C18H20ClN3O2. The van der Waals surface area contributed by atoms with Gasteiger partial charge in [-0.05, 0) is 43.2 Å². The summed E-state index contributed by atoms with van der Waals surface area (Å²) in [6.45, 7) is 0.332. The van der Waals surface area contributed by atoms with Gasteiger partial charge in [0.1, 0.15) is 12.4 Å². The maximum atomic E-state index is 12.3. The van der Waals surface area contributed by atoms with Crippen molar-refractivity contribution in [1.82, 2.24) is 4.98 Å². The van der Waals surface area contributed by atoms with Crippen molar-refractivity contribution in [3.8, 4) is 5.75 Å². The van der Waals surface area contributed by atoms with Gasteiger partial charge < -0.3 is 15.8 Å². The van der Waals surface area contributed by atoms with Crippen molar-refractivity contribution in [2.24, 2.45) is 5.73 Å². The SMILES string of the molecule is NC1(C(=O)Nc2ccc(OCc3ccccn3)c(Cl)c2)CCCC1. The smallest absolute Gasteiger partial charge is 0.244 e. The van der Waals surface area contributed by atoms with E-state index >= 15 is 0 Å². The second kappa shape index (κ2) is 7.20. The Morgan fingerprint density at radius 3 is 2.75 bits per heavy atom. The molecule has 0 atom stereocenters. The zero-order valence-corrected chi connectivity index (χ0v) is 14.1. The number of halogens is 1. The van der Waals surface area contributed by atoms with Gasteiger partial charge in [-0.15, -0.1) is 0 Å². The van der Waals surface area contributed by atoms with E-state index in [9.17, 15) is 4.79 Å². The summed E-state index contributed by atoms with van der Waals surface area (Å²) >= 11 is 6.25. The molecule has 3 rings (SSSR count). The topological polar surface area (TPSA) is 77.2 Å². The minimum absolute atomic E-state index is 0.154. The maximum absolute atomic E-state index is 12.3. The minimum Gasteiger partial charge on any atom is -0.486 e. The number of carbonyl (C=O) groups excluding carboxylic acids is 1. The monoisotopic (exact) mass is 345 g/mol. The van der Waals surface area contributed by atoms with Gasteiger partial charge in [-0.3, -0.25) is 9.78 Å². The molecule has 1 aliphatic carbocycles. The molecule has 2 aromatic rings. The van der Waals surface area contributed by atoms with Crippen LogP contribution in [0.25, 0.3) is 0 Å². The van der Waals surface area contributed by atoms with E-state index in [1.165, 1.54) is 0 Å². The van der Waals surface area contributed by atoms with Crippen LogP contribution in [0.1, 0.15) is 31.4 Å². The fraction of sp³-hybridized carbons (Fsp3) is 0.333. The molecule has 1 aromatic carbocycles. The van der Waals surface area contributed by atoms with Crippen molar-refractivity contribution in [3.05, 3.63) is 53.3 Å². The van der Waals surface area contributed by atoms with E-state index in [0.29, 0.717) is 23.1 Å². The molecule has 0 aliphatic heterocycles. The van der Waals surface area contributed by atoms with Gasteiger partial charge in [0, 0.05) is 11.9 Å². The highest BCUT2D eigenvalue weighted by molar-refractivity contribution is 6.32. The normalized spacial score (nSPS) is 15.9. The first-order valence-corrected chi connectivity index (χ1v) is 8.37. The third kappa shape index (κ3) is 3.86. The Balaban J connectivity index is 1.63. The number of amides is 1. The Hall–Kier alpha value is -2.11. The first-order chi connectivity index (χ1) is 11.6. The van der Waals surface area contributed by atoms with Crippen molar-refractivity contribution in [2.45, 2.75) is 37.8 Å². The van der Waals surface area contributed by atoms with E-state index in [1.807, 2.05) is 18.2 Å². The molecule has 1 heterocycles. The van der Waals surface area contributed by atoms with E-state index in [2.05, 4.69) is 10.3 Å². The summed E-state index contributed by atoms with van der Waals surface area (Å²) in [5.74, 6) is 0.391. The number of nitrogens with one attached hydrogen (secondary N) is 1. The first kappa shape index (κ1) is 16.7. The summed E-state index contributed by atoms with van der Waals surface area (Å²) in [6.07, 6.45) is 5.14. The summed E-state index contributed by atoms with van der Waals surface area (Å²) < 4.78 is 5.67. The lowest BCUT2D eigenvalue weighted by Gasteiger charge is -2.22. The van der Waals surface area contributed by atoms with Gasteiger partial charge in [0.2, 0.25) is 5.91 Å². The Labute approximate surface area is 146 Å². The molecule has 6 heteroatoms. The maximum Gasteiger partial charge on any atom is 0.244 e. The summed E-state index contributed by atoms with van der Waals surface area (Å²) in [6, 6.07) is 10.8. The number of hydrogen-bond donors (Lipinski definition) is 2. The van der Waals surface area contributed by atoms with Crippen molar-refractivity contribution < 1.29 is 9.53 Å². The van der Waals surface area contributed by atoms with Gasteiger partial charge in [-0.25, -0.2) is 0 Å². The number of anilines is 1. The summed E-state index contributed by atoms with van der Waals surface area (Å²) in [5, 5.41) is 3.28. The number of carbonyl (C=O) groups is 1. The summed E-state index contributed by atoms with van der Waals surface area (Å²) in [4.78, 5) is 16.5. The molecule has 24 heavy (non-hydrogen) atoms. The predicted molar refractivity (Wildman–Crippen MR) is 94.0 cm³/mol. The molecule has 0 radical (unpaired) electrons. The number of aromatic nitrogens is 1. The first-order valence-electron chi connectivity index (χ1n) is 7.99. The van der Waals surface area contributed by atoms with E-state index in [4.69, 9.17) is 22.1 Å². The average Bonchev–Trinajstić information content (AvgIpc) is 3.03.